The highest BCUT2D eigenvalue weighted by molar-refractivity contribution is 8.01. The number of para-hydroxylation sites is 1. The van der Waals surface area contributed by atoms with Gasteiger partial charge in [0.1, 0.15) is 5.69 Å². The van der Waals surface area contributed by atoms with Crippen LogP contribution in [-0.2, 0) is 9.59 Å². The molecule has 5 aromatic rings. The third-order valence-corrected chi connectivity index (χ3v) is 8.07. The lowest BCUT2D eigenvalue weighted by atomic mass is 10.2. The van der Waals surface area contributed by atoms with E-state index in [0.717, 1.165) is 23.1 Å². The Morgan fingerprint density at radius 1 is 1.00 bits per heavy atom. The average molecular weight is 585 g/mol. The zero-order valence-corrected chi connectivity index (χ0v) is 22.7. The highest BCUT2D eigenvalue weighted by atomic mass is 35.5. The summed E-state index contributed by atoms with van der Waals surface area (Å²) in [6.07, 6.45) is 0. The summed E-state index contributed by atoms with van der Waals surface area (Å²) in [4.78, 5) is 45.7. The molecular formula is C23H17ClN8O3S3. The van der Waals surface area contributed by atoms with Gasteiger partial charge in [-0.2, -0.15) is 14.6 Å². The molecule has 11 nitrogen and oxygen atoms in total. The molecule has 2 amide bonds. The van der Waals surface area contributed by atoms with Crippen LogP contribution in [-0.4, -0.2) is 53.1 Å². The van der Waals surface area contributed by atoms with E-state index in [1.807, 2.05) is 18.2 Å². The second-order valence-electron chi connectivity index (χ2n) is 7.71. The first-order chi connectivity index (χ1) is 18.4. The molecule has 15 heteroatoms. The molecule has 3 aromatic heterocycles. The van der Waals surface area contributed by atoms with E-state index in [1.54, 1.807) is 37.3 Å². The average Bonchev–Trinajstić information content (AvgIpc) is 3.34. The van der Waals surface area contributed by atoms with Gasteiger partial charge >= 0.3 is 0 Å². The standard InChI is InChI=1S/C23H17ClN8O3S3/c1-12-20(35)28-19-15-7-2-3-8-16(15)26-22(32(19)31-12)36-10-18(34)27-21-29-30-23(38-21)37-11-17(33)25-14-6-4-5-13(24)9-14/h2-9H,10-11H2,1H3,(H,25,33)(H,27,29,34). The van der Waals surface area contributed by atoms with Gasteiger partial charge < -0.3 is 5.32 Å². The molecule has 0 atom stereocenters. The first-order valence-corrected chi connectivity index (χ1v) is 14.1. The molecule has 0 aliphatic carbocycles. The summed E-state index contributed by atoms with van der Waals surface area (Å²) >= 11 is 9.45. The number of hydrogen-bond donors (Lipinski definition) is 2. The fraction of sp³-hybridized carbons (Fsp3) is 0.130. The second-order valence-corrected chi connectivity index (χ2v) is 11.3. The van der Waals surface area contributed by atoms with Crippen molar-refractivity contribution < 1.29 is 9.59 Å². The van der Waals surface area contributed by atoms with E-state index < -0.39 is 5.56 Å². The van der Waals surface area contributed by atoms with E-state index in [0.29, 0.717) is 41.9 Å². The molecule has 2 N–H and O–H groups in total. The van der Waals surface area contributed by atoms with Crippen molar-refractivity contribution in [3.05, 3.63) is 69.6 Å². The SMILES string of the molecule is Cc1nn2c(SCC(=O)Nc3nnc(SCC(=O)Nc4cccc(Cl)c4)s3)nc3ccccc3c2nc1=O. The van der Waals surface area contributed by atoms with Gasteiger partial charge in [0.15, 0.2) is 15.1 Å². The Balaban J connectivity index is 1.20. The summed E-state index contributed by atoms with van der Waals surface area (Å²) in [5.41, 5.74) is 1.43. The predicted molar refractivity (Wildman–Crippen MR) is 149 cm³/mol. The van der Waals surface area contributed by atoms with Gasteiger partial charge in [0.05, 0.1) is 17.0 Å². The Kier molecular flexibility index (Phi) is 7.83. The number of thioether (sulfide) groups is 2. The number of rotatable bonds is 8. The molecule has 0 spiro atoms. The van der Waals surface area contributed by atoms with Gasteiger partial charge in [0.25, 0.3) is 5.56 Å². The van der Waals surface area contributed by atoms with Gasteiger partial charge in [0, 0.05) is 16.1 Å². The number of hydrogen-bond acceptors (Lipinski definition) is 11. The van der Waals surface area contributed by atoms with Crippen LogP contribution in [0.1, 0.15) is 5.69 Å². The summed E-state index contributed by atoms with van der Waals surface area (Å²) in [6, 6.07) is 14.2. The van der Waals surface area contributed by atoms with Crippen LogP contribution in [0.25, 0.3) is 16.6 Å². The number of halogens is 1. The number of nitrogens with one attached hydrogen (secondary N) is 2. The van der Waals surface area contributed by atoms with Gasteiger partial charge in [0.2, 0.25) is 16.9 Å². The zero-order valence-electron chi connectivity index (χ0n) is 19.5. The van der Waals surface area contributed by atoms with Crippen LogP contribution >= 0.6 is 46.5 Å². The van der Waals surface area contributed by atoms with Crippen molar-refractivity contribution in [3.8, 4) is 0 Å². The van der Waals surface area contributed by atoms with Crippen LogP contribution in [0.3, 0.4) is 0 Å². The molecule has 0 radical (unpaired) electrons. The maximum atomic E-state index is 12.6. The number of anilines is 2. The van der Waals surface area contributed by atoms with Gasteiger partial charge in [-0.05, 0) is 37.3 Å². The first-order valence-electron chi connectivity index (χ1n) is 11.0. The van der Waals surface area contributed by atoms with E-state index in [2.05, 4.69) is 35.9 Å². The van der Waals surface area contributed by atoms with Gasteiger partial charge in [-0.25, -0.2) is 4.98 Å². The third-order valence-electron chi connectivity index (χ3n) is 4.93. The molecule has 5 rings (SSSR count). The normalized spacial score (nSPS) is 11.1. The van der Waals surface area contributed by atoms with Crippen LogP contribution in [0.5, 0.6) is 0 Å². The Morgan fingerprint density at radius 2 is 1.79 bits per heavy atom. The molecule has 38 heavy (non-hydrogen) atoms. The predicted octanol–water partition coefficient (Wildman–Crippen LogP) is 3.91. The van der Waals surface area contributed by atoms with Gasteiger partial charge in [-0.3, -0.25) is 19.7 Å². The quantitative estimate of drug-likeness (QED) is 0.119. The molecule has 0 unspecified atom stereocenters. The van der Waals surface area contributed by atoms with Crippen molar-refractivity contribution in [2.24, 2.45) is 0 Å². The highest BCUT2D eigenvalue weighted by Crippen LogP contribution is 2.27. The highest BCUT2D eigenvalue weighted by Gasteiger charge is 2.15. The Bertz CT molecular complexity index is 1740. The molecule has 3 heterocycles. The van der Waals surface area contributed by atoms with Crippen molar-refractivity contribution in [3.63, 3.8) is 0 Å². The number of carbonyl (C=O) groups excluding carboxylic acids is 2. The summed E-state index contributed by atoms with van der Waals surface area (Å²) in [5, 5.41) is 19.7. The molecule has 0 fully saturated rings. The van der Waals surface area contributed by atoms with Crippen LogP contribution in [0.2, 0.25) is 5.02 Å². The first kappa shape index (κ1) is 26.0. The summed E-state index contributed by atoms with van der Waals surface area (Å²) in [6.45, 7) is 1.57. The van der Waals surface area contributed by atoms with Crippen molar-refractivity contribution in [1.82, 2.24) is 29.8 Å². The topological polar surface area (TPSA) is 144 Å². The van der Waals surface area contributed by atoms with E-state index in [-0.39, 0.29) is 29.0 Å². The second kappa shape index (κ2) is 11.4. The number of nitrogens with zero attached hydrogens (tertiary/aromatic N) is 6. The minimum atomic E-state index is -0.415. The van der Waals surface area contributed by atoms with Crippen LogP contribution in [0, 0.1) is 6.92 Å². The minimum Gasteiger partial charge on any atom is -0.325 e. The molecule has 2 aromatic carbocycles. The molecule has 0 aliphatic rings. The molecule has 0 saturated heterocycles. The molecule has 192 valence electrons. The van der Waals surface area contributed by atoms with Crippen molar-refractivity contribution in [1.29, 1.82) is 0 Å². The molecule has 0 aliphatic heterocycles. The van der Waals surface area contributed by atoms with E-state index in [1.165, 1.54) is 16.3 Å². The summed E-state index contributed by atoms with van der Waals surface area (Å²) in [5.74, 6) is -0.411. The van der Waals surface area contributed by atoms with Crippen molar-refractivity contribution in [2.75, 3.05) is 22.1 Å². The summed E-state index contributed by atoms with van der Waals surface area (Å²) in [7, 11) is 0. The van der Waals surface area contributed by atoms with Crippen LogP contribution in [0.15, 0.2) is 62.8 Å². The molecular weight excluding hydrogens is 568 g/mol. The third kappa shape index (κ3) is 6.10. The molecule has 0 saturated carbocycles. The number of aryl methyl sites for hydroxylation is 1. The molecule has 0 bridgehead atoms. The maximum absolute atomic E-state index is 12.6. The number of amides is 2. The summed E-state index contributed by atoms with van der Waals surface area (Å²) < 4.78 is 2.01. The van der Waals surface area contributed by atoms with E-state index in [9.17, 15) is 14.4 Å². The Hall–Kier alpha value is -3.59. The van der Waals surface area contributed by atoms with E-state index >= 15 is 0 Å². The zero-order chi connectivity index (χ0) is 26.6. The number of fused-ring (bicyclic) bond motifs is 3. The fourth-order valence-electron chi connectivity index (χ4n) is 3.27. The Morgan fingerprint density at radius 3 is 2.63 bits per heavy atom. The number of aromatic nitrogens is 6. The lowest BCUT2D eigenvalue weighted by molar-refractivity contribution is -0.114. The van der Waals surface area contributed by atoms with Gasteiger partial charge in [-0.15, -0.1) is 10.2 Å². The minimum absolute atomic E-state index is 0.0113. The number of benzene rings is 2. The number of carbonyl (C=O) groups is 2. The lowest BCUT2D eigenvalue weighted by Crippen LogP contribution is -2.19. The smallest absolute Gasteiger partial charge is 0.294 e. The van der Waals surface area contributed by atoms with Crippen LogP contribution in [0.4, 0.5) is 10.8 Å². The Labute approximate surface area is 232 Å². The van der Waals surface area contributed by atoms with E-state index in [4.69, 9.17) is 11.6 Å². The van der Waals surface area contributed by atoms with Crippen molar-refractivity contribution in [2.45, 2.75) is 16.4 Å². The largest absolute Gasteiger partial charge is 0.325 e. The van der Waals surface area contributed by atoms with Crippen LogP contribution < -0.4 is 16.2 Å². The lowest BCUT2D eigenvalue weighted by Gasteiger charge is -2.09. The van der Waals surface area contributed by atoms with Crippen molar-refractivity contribution >= 4 is 85.6 Å². The fourth-order valence-corrected chi connectivity index (χ4v) is 5.77. The monoisotopic (exact) mass is 584 g/mol. The van der Waals surface area contributed by atoms with Gasteiger partial charge in [-0.1, -0.05) is 64.7 Å². The maximum Gasteiger partial charge on any atom is 0.294 e.